The van der Waals surface area contributed by atoms with Gasteiger partial charge in [-0.3, -0.25) is 9.59 Å². The van der Waals surface area contributed by atoms with E-state index in [1.54, 1.807) is 0 Å². The van der Waals surface area contributed by atoms with Crippen molar-refractivity contribution in [2.75, 3.05) is 13.2 Å². The summed E-state index contributed by atoms with van der Waals surface area (Å²) >= 11 is 0. The van der Waals surface area contributed by atoms with Gasteiger partial charge in [0.1, 0.15) is 19.3 Å². The monoisotopic (exact) mass is 675 g/mol. The van der Waals surface area contributed by atoms with Crippen molar-refractivity contribution in [1.82, 2.24) is 0 Å². The number of hydrogen-bond acceptors (Lipinski definition) is 6. The summed E-state index contributed by atoms with van der Waals surface area (Å²) in [5, 5.41) is 10.0. The van der Waals surface area contributed by atoms with Gasteiger partial charge in [0.25, 0.3) is 0 Å². The largest absolute Gasteiger partial charge is 0.463 e. The van der Waals surface area contributed by atoms with E-state index in [0.29, 0.717) is 31.5 Å². The molecule has 0 aliphatic carbocycles. The van der Waals surface area contributed by atoms with Gasteiger partial charge in [-0.15, -0.1) is 0 Å². The molecule has 2 unspecified atom stereocenters. The molecule has 0 aromatic rings. The Labute approximate surface area is 295 Å². The lowest BCUT2D eigenvalue weighted by atomic mass is 10.0. The molecule has 0 aromatic heterocycles. The molecule has 0 radical (unpaired) electrons. The number of allylic oxidation sites excluding steroid dienone is 4. The number of esters is 2. The number of epoxide rings is 1. The van der Waals surface area contributed by atoms with Crippen molar-refractivity contribution in [2.45, 2.75) is 206 Å². The van der Waals surface area contributed by atoms with Crippen LogP contribution in [0.4, 0.5) is 0 Å². The maximum Gasteiger partial charge on any atom is 0.305 e. The molecule has 1 rings (SSSR count). The van der Waals surface area contributed by atoms with Crippen molar-refractivity contribution >= 4 is 11.9 Å². The first-order valence-electron chi connectivity index (χ1n) is 20.2. The molecule has 1 heterocycles. The number of aliphatic hydroxyl groups excluding tert-OH is 1. The van der Waals surface area contributed by atoms with Gasteiger partial charge in [0.15, 0.2) is 0 Å². The van der Waals surface area contributed by atoms with Crippen LogP contribution in [0.2, 0.25) is 0 Å². The minimum Gasteiger partial charge on any atom is -0.463 e. The van der Waals surface area contributed by atoms with Crippen LogP contribution in [0.5, 0.6) is 0 Å². The van der Waals surface area contributed by atoms with E-state index in [1.165, 1.54) is 109 Å². The minimum atomic E-state index is -0.989. The molecule has 3 atom stereocenters. The van der Waals surface area contributed by atoms with Crippen molar-refractivity contribution in [2.24, 2.45) is 0 Å². The summed E-state index contributed by atoms with van der Waals surface area (Å²) in [6.45, 7) is 4.22. The fraction of sp³-hybridized carbons (Fsp3) is 0.810. The smallest absolute Gasteiger partial charge is 0.305 e. The van der Waals surface area contributed by atoms with Gasteiger partial charge in [0, 0.05) is 12.8 Å². The maximum atomic E-state index is 12.0. The highest BCUT2D eigenvalue weighted by Crippen LogP contribution is 2.29. The Morgan fingerprint density at radius 2 is 0.938 bits per heavy atom. The first-order chi connectivity index (χ1) is 23.6. The topological polar surface area (TPSA) is 85.4 Å². The molecule has 1 saturated heterocycles. The van der Waals surface area contributed by atoms with E-state index < -0.39 is 6.10 Å². The van der Waals surface area contributed by atoms with Crippen LogP contribution in [-0.4, -0.2) is 48.6 Å². The van der Waals surface area contributed by atoms with E-state index in [1.807, 2.05) is 0 Å². The van der Waals surface area contributed by atoms with Crippen molar-refractivity contribution in [3.05, 3.63) is 36.5 Å². The summed E-state index contributed by atoms with van der Waals surface area (Å²) < 4.78 is 16.0. The van der Waals surface area contributed by atoms with Crippen LogP contribution >= 0.6 is 0 Å². The number of carbonyl (C=O) groups is 2. The highest BCUT2D eigenvalue weighted by Gasteiger charge is 2.35. The standard InChI is InChI=1S/C42H74O6/c1-3-5-7-9-11-13-14-15-16-17-18-19-21-23-25-30-34-41(44)46-36-38(43)37-47-42(45)35-31-27-26-29-33-40-39(48-40)32-28-24-22-20-12-10-8-6-4-2/h12,20,24,26,28-29,38-40,43H,3-11,13-19,21-23,25,27,30-37H2,1-2H3/b20-12-,28-24-,29-26-/t38-,39?,40?/m1/s1. The van der Waals surface area contributed by atoms with E-state index in [2.05, 4.69) is 50.3 Å². The van der Waals surface area contributed by atoms with Gasteiger partial charge >= 0.3 is 11.9 Å². The number of unbranched alkanes of at least 4 members (excludes halogenated alkanes) is 19. The number of carbonyl (C=O) groups excluding carboxylic acids is 2. The molecule has 6 heteroatoms. The fourth-order valence-electron chi connectivity index (χ4n) is 5.83. The number of ether oxygens (including phenoxy) is 3. The minimum absolute atomic E-state index is 0.135. The van der Waals surface area contributed by atoms with E-state index in [4.69, 9.17) is 14.2 Å². The molecule has 1 aliphatic heterocycles. The Kier molecular flexibility index (Phi) is 30.8. The summed E-state index contributed by atoms with van der Waals surface area (Å²) in [5.41, 5.74) is 0. The Bertz CT molecular complexity index is 834. The first kappa shape index (κ1) is 44.1. The quantitative estimate of drug-likeness (QED) is 0.0312. The van der Waals surface area contributed by atoms with Crippen LogP contribution in [0.25, 0.3) is 0 Å². The molecule has 48 heavy (non-hydrogen) atoms. The zero-order valence-electron chi connectivity index (χ0n) is 31.2. The molecule has 0 bridgehead atoms. The summed E-state index contributed by atoms with van der Waals surface area (Å²) in [7, 11) is 0. The van der Waals surface area contributed by atoms with E-state index in [0.717, 1.165) is 44.9 Å². The highest BCUT2D eigenvalue weighted by molar-refractivity contribution is 5.69. The Balaban J connectivity index is 1.86. The predicted molar refractivity (Wildman–Crippen MR) is 200 cm³/mol. The van der Waals surface area contributed by atoms with Gasteiger partial charge in [-0.1, -0.05) is 159 Å². The van der Waals surface area contributed by atoms with Crippen LogP contribution in [0.1, 0.15) is 187 Å². The molecule has 1 aliphatic rings. The Morgan fingerprint density at radius 1 is 0.542 bits per heavy atom. The third kappa shape index (κ3) is 30.2. The zero-order chi connectivity index (χ0) is 34.8. The molecule has 6 nitrogen and oxygen atoms in total. The number of aliphatic hydroxyl groups is 1. The van der Waals surface area contributed by atoms with Gasteiger partial charge in [-0.2, -0.15) is 0 Å². The molecule has 0 saturated carbocycles. The SMILES string of the molecule is CCCCC/C=C\C/C=C\CC1OC1C/C=C\CCCC(=O)OC[C@H](O)COC(=O)CCCCCCCCCCCCCCCCCC. The second-order valence-electron chi connectivity index (χ2n) is 13.8. The molecule has 0 amide bonds. The van der Waals surface area contributed by atoms with E-state index in [9.17, 15) is 14.7 Å². The maximum absolute atomic E-state index is 12.0. The average molecular weight is 675 g/mol. The average Bonchev–Trinajstić information content (AvgIpc) is 3.84. The Morgan fingerprint density at radius 3 is 1.48 bits per heavy atom. The second-order valence-corrected chi connectivity index (χ2v) is 13.8. The molecule has 0 aromatic carbocycles. The van der Waals surface area contributed by atoms with Crippen LogP contribution in [0, 0.1) is 0 Å². The Hall–Kier alpha value is -1.92. The van der Waals surface area contributed by atoms with Crippen molar-refractivity contribution < 1.29 is 28.9 Å². The predicted octanol–water partition coefficient (Wildman–Crippen LogP) is 11.4. The molecular weight excluding hydrogens is 600 g/mol. The highest BCUT2D eigenvalue weighted by atomic mass is 16.6. The summed E-state index contributed by atoms with van der Waals surface area (Å²) in [6, 6.07) is 0. The van der Waals surface area contributed by atoms with Crippen LogP contribution in [0.3, 0.4) is 0 Å². The van der Waals surface area contributed by atoms with Gasteiger partial charge in [0.05, 0.1) is 12.2 Å². The van der Waals surface area contributed by atoms with Crippen LogP contribution in [0.15, 0.2) is 36.5 Å². The third-order valence-electron chi connectivity index (χ3n) is 9.03. The first-order valence-corrected chi connectivity index (χ1v) is 20.2. The molecule has 1 fully saturated rings. The van der Waals surface area contributed by atoms with Gasteiger partial charge < -0.3 is 19.3 Å². The molecule has 0 spiro atoms. The van der Waals surface area contributed by atoms with Gasteiger partial charge in [0.2, 0.25) is 0 Å². The summed E-state index contributed by atoms with van der Waals surface area (Å²) in [6.07, 6.45) is 43.7. The summed E-state index contributed by atoms with van der Waals surface area (Å²) in [4.78, 5) is 24.0. The van der Waals surface area contributed by atoms with Crippen molar-refractivity contribution in [3.63, 3.8) is 0 Å². The zero-order valence-corrected chi connectivity index (χ0v) is 31.2. The van der Waals surface area contributed by atoms with E-state index >= 15 is 0 Å². The van der Waals surface area contributed by atoms with Crippen LogP contribution in [-0.2, 0) is 23.8 Å². The third-order valence-corrected chi connectivity index (χ3v) is 9.03. The van der Waals surface area contributed by atoms with Gasteiger partial charge in [-0.25, -0.2) is 0 Å². The van der Waals surface area contributed by atoms with Gasteiger partial charge in [-0.05, 0) is 51.4 Å². The van der Waals surface area contributed by atoms with E-state index in [-0.39, 0.29) is 25.2 Å². The lowest BCUT2D eigenvalue weighted by Crippen LogP contribution is -2.25. The fourth-order valence-corrected chi connectivity index (χ4v) is 5.83. The lowest BCUT2D eigenvalue weighted by molar-refractivity contribution is -0.152. The normalized spacial score (nSPS) is 16.7. The molecular formula is C42H74O6. The van der Waals surface area contributed by atoms with Crippen molar-refractivity contribution in [3.8, 4) is 0 Å². The van der Waals surface area contributed by atoms with Crippen LogP contribution < -0.4 is 0 Å². The number of hydrogen-bond donors (Lipinski definition) is 1. The molecule has 1 N–H and O–H groups in total. The summed E-state index contributed by atoms with van der Waals surface area (Å²) in [5.74, 6) is -0.632. The molecule has 278 valence electrons. The number of rotatable bonds is 35. The van der Waals surface area contributed by atoms with Crippen molar-refractivity contribution in [1.29, 1.82) is 0 Å². The lowest BCUT2D eigenvalue weighted by Gasteiger charge is -2.12. The second kappa shape index (κ2) is 33.6.